The van der Waals surface area contributed by atoms with Gasteiger partial charge in [-0.15, -0.1) is 0 Å². The Labute approximate surface area is 114 Å². The van der Waals surface area contributed by atoms with Crippen LogP contribution in [-0.4, -0.2) is 10.1 Å². The maximum absolute atomic E-state index is 9.23. The number of nitrogen functional groups attached to an aromatic ring is 1. The molecule has 0 atom stereocenters. The third kappa shape index (κ3) is 2.47. The van der Waals surface area contributed by atoms with Gasteiger partial charge in [-0.3, -0.25) is 0 Å². The summed E-state index contributed by atoms with van der Waals surface area (Å²) in [5, 5.41) is 9.23. The van der Waals surface area contributed by atoms with Crippen molar-refractivity contribution in [1.29, 1.82) is 0 Å². The molecule has 0 bridgehead atoms. The van der Waals surface area contributed by atoms with Crippen molar-refractivity contribution in [2.45, 2.75) is 13.5 Å². The molecule has 0 amide bonds. The van der Waals surface area contributed by atoms with Gasteiger partial charge in [-0.1, -0.05) is 18.2 Å². The van der Waals surface area contributed by atoms with Crippen molar-refractivity contribution in [3.05, 3.63) is 46.1 Å². The quantitative estimate of drug-likeness (QED) is 0.914. The summed E-state index contributed by atoms with van der Waals surface area (Å²) in [5.74, 6) is 1.01. The minimum atomic E-state index is -0.0816. The third-order valence-electron chi connectivity index (χ3n) is 2.62. The number of nitrogens with two attached hydrogens (primary N) is 1. The monoisotopic (exact) mass is 308 g/mol. The fourth-order valence-corrected chi connectivity index (χ4v) is 1.89. The predicted molar refractivity (Wildman–Crippen MR) is 73.5 cm³/mol. The number of nitrogens with zero attached hydrogens (tertiary/aromatic N) is 1. The highest BCUT2D eigenvalue weighted by atomic mass is 79.9. The summed E-state index contributed by atoms with van der Waals surface area (Å²) >= 11 is 3.40. The number of pyridine rings is 1. The van der Waals surface area contributed by atoms with Crippen molar-refractivity contribution < 1.29 is 9.84 Å². The maximum Gasteiger partial charge on any atom is 0.234 e. The van der Waals surface area contributed by atoms with Crippen LogP contribution in [-0.2, 0) is 6.61 Å². The first-order valence-electron chi connectivity index (χ1n) is 5.40. The Hall–Kier alpha value is -1.59. The van der Waals surface area contributed by atoms with E-state index in [4.69, 9.17) is 10.5 Å². The van der Waals surface area contributed by atoms with E-state index in [1.165, 1.54) is 0 Å². The molecule has 2 rings (SSSR count). The fourth-order valence-electron chi connectivity index (χ4n) is 1.48. The molecule has 2 aromatic rings. The second kappa shape index (κ2) is 5.37. The van der Waals surface area contributed by atoms with Crippen LogP contribution in [0.25, 0.3) is 0 Å². The molecule has 0 unspecified atom stereocenters. The Bertz CT molecular complexity index is 573. The van der Waals surface area contributed by atoms with Gasteiger partial charge in [0, 0.05) is 5.56 Å². The molecule has 0 spiro atoms. The van der Waals surface area contributed by atoms with E-state index in [0.717, 1.165) is 10.0 Å². The standard InChI is InChI=1S/C13H13BrN2O2/c1-8-10(15)6-16-13(12(8)14)18-11-5-3-2-4-9(11)7-17/h2-6,17H,7,15H2,1H3. The van der Waals surface area contributed by atoms with Gasteiger partial charge in [-0.2, -0.15) is 0 Å². The summed E-state index contributed by atoms with van der Waals surface area (Å²) in [4.78, 5) is 4.13. The van der Waals surface area contributed by atoms with Crippen LogP contribution in [0.1, 0.15) is 11.1 Å². The molecule has 3 N–H and O–H groups in total. The zero-order valence-electron chi connectivity index (χ0n) is 9.85. The van der Waals surface area contributed by atoms with Crippen molar-refractivity contribution in [3.63, 3.8) is 0 Å². The molecule has 18 heavy (non-hydrogen) atoms. The number of para-hydroxylation sites is 1. The van der Waals surface area contributed by atoms with E-state index < -0.39 is 0 Å². The normalized spacial score (nSPS) is 10.4. The molecular weight excluding hydrogens is 296 g/mol. The SMILES string of the molecule is Cc1c(N)cnc(Oc2ccccc2CO)c1Br. The molecule has 0 aliphatic rings. The van der Waals surface area contributed by atoms with Crippen LogP contribution < -0.4 is 10.5 Å². The van der Waals surface area contributed by atoms with Gasteiger partial charge >= 0.3 is 0 Å². The van der Waals surface area contributed by atoms with E-state index >= 15 is 0 Å². The highest BCUT2D eigenvalue weighted by Gasteiger charge is 2.11. The van der Waals surface area contributed by atoms with Gasteiger partial charge in [-0.25, -0.2) is 4.98 Å². The Morgan fingerprint density at radius 2 is 2.11 bits per heavy atom. The Kier molecular flexibility index (Phi) is 3.84. The van der Waals surface area contributed by atoms with Gasteiger partial charge in [-0.05, 0) is 34.5 Å². The van der Waals surface area contributed by atoms with Gasteiger partial charge in [0.05, 0.1) is 23.0 Å². The summed E-state index contributed by atoms with van der Waals surface area (Å²) in [6, 6.07) is 7.26. The molecule has 0 aliphatic carbocycles. The van der Waals surface area contributed by atoms with E-state index in [1.807, 2.05) is 19.1 Å². The average Bonchev–Trinajstić information content (AvgIpc) is 2.40. The molecule has 5 heteroatoms. The van der Waals surface area contributed by atoms with Crippen molar-refractivity contribution in [3.8, 4) is 11.6 Å². The molecule has 4 nitrogen and oxygen atoms in total. The van der Waals surface area contributed by atoms with Crippen LogP contribution >= 0.6 is 15.9 Å². The summed E-state index contributed by atoms with van der Waals surface area (Å²) in [5.41, 5.74) is 7.94. The van der Waals surface area contributed by atoms with E-state index in [-0.39, 0.29) is 6.61 Å². The number of benzene rings is 1. The van der Waals surface area contributed by atoms with Gasteiger partial charge in [0.1, 0.15) is 5.75 Å². The number of halogens is 1. The first kappa shape index (κ1) is 12.9. The number of ether oxygens (including phenoxy) is 1. The molecule has 94 valence electrons. The first-order chi connectivity index (χ1) is 8.63. The second-order valence-electron chi connectivity index (χ2n) is 3.83. The van der Waals surface area contributed by atoms with E-state index in [0.29, 0.717) is 22.9 Å². The molecular formula is C13H13BrN2O2. The maximum atomic E-state index is 9.23. The molecule has 0 saturated carbocycles. The average molecular weight is 309 g/mol. The molecule has 0 saturated heterocycles. The molecule has 0 fully saturated rings. The highest BCUT2D eigenvalue weighted by Crippen LogP contribution is 2.33. The lowest BCUT2D eigenvalue weighted by atomic mass is 10.2. The van der Waals surface area contributed by atoms with Gasteiger partial charge < -0.3 is 15.6 Å². The van der Waals surface area contributed by atoms with Crippen molar-refractivity contribution in [2.24, 2.45) is 0 Å². The largest absolute Gasteiger partial charge is 0.437 e. The van der Waals surface area contributed by atoms with Crippen LogP contribution in [0.4, 0.5) is 5.69 Å². The van der Waals surface area contributed by atoms with Crippen molar-refractivity contribution in [1.82, 2.24) is 4.98 Å². The summed E-state index contributed by atoms with van der Waals surface area (Å²) in [6.07, 6.45) is 1.55. The molecule has 1 aromatic heterocycles. The second-order valence-corrected chi connectivity index (χ2v) is 4.62. The number of hydrogen-bond acceptors (Lipinski definition) is 4. The van der Waals surface area contributed by atoms with Crippen LogP contribution in [0.15, 0.2) is 34.9 Å². The molecule has 1 aromatic carbocycles. The first-order valence-corrected chi connectivity index (χ1v) is 6.20. The van der Waals surface area contributed by atoms with E-state index in [9.17, 15) is 5.11 Å². The number of aliphatic hydroxyl groups is 1. The summed E-state index contributed by atoms with van der Waals surface area (Å²) in [7, 11) is 0. The smallest absolute Gasteiger partial charge is 0.234 e. The van der Waals surface area contributed by atoms with Gasteiger partial charge in [0.15, 0.2) is 0 Å². The minimum Gasteiger partial charge on any atom is -0.437 e. The Morgan fingerprint density at radius 3 is 2.83 bits per heavy atom. The van der Waals surface area contributed by atoms with Gasteiger partial charge in [0.25, 0.3) is 0 Å². The number of anilines is 1. The van der Waals surface area contributed by atoms with Crippen molar-refractivity contribution >= 4 is 21.6 Å². The Morgan fingerprint density at radius 1 is 1.39 bits per heavy atom. The molecule has 1 heterocycles. The van der Waals surface area contributed by atoms with E-state index in [2.05, 4.69) is 20.9 Å². The number of hydrogen-bond donors (Lipinski definition) is 2. The lowest BCUT2D eigenvalue weighted by molar-refractivity contribution is 0.276. The van der Waals surface area contributed by atoms with Crippen LogP contribution in [0.2, 0.25) is 0 Å². The summed E-state index contributed by atoms with van der Waals surface area (Å²) in [6.45, 7) is 1.80. The molecule has 0 radical (unpaired) electrons. The topological polar surface area (TPSA) is 68.4 Å². The molecule has 0 aliphatic heterocycles. The van der Waals surface area contributed by atoms with Crippen molar-refractivity contribution in [2.75, 3.05) is 5.73 Å². The lowest BCUT2D eigenvalue weighted by Crippen LogP contribution is -1.98. The number of aliphatic hydroxyl groups excluding tert-OH is 1. The summed E-state index contributed by atoms with van der Waals surface area (Å²) < 4.78 is 6.41. The number of rotatable bonds is 3. The fraction of sp³-hybridized carbons (Fsp3) is 0.154. The highest BCUT2D eigenvalue weighted by molar-refractivity contribution is 9.10. The zero-order valence-corrected chi connectivity index (χ0v) is 11.4. The minimum absolute atomic E-state index is 0.0816. The zero-order chi connectivity index (χ0) is 13.1. The lowest BCUT2D eigenvalue weighted by Gasteiger charge is -2.12. The number of aromatic nitrogens is 1. The van der Waals surface area contributed by atoms with Crippen LogP contribution in [0, 0.1) is 6.92 Å². The third-order valence-corrected chi connectivity index (χ3v) is 3.55. The van der Waals surface area contributed by atoms with Crippen LogP contribution in [0.5, 0.6) is 11.6 Å². The van der Waals surface area contributed by atoms with Crippen LogP contribution in [0.3, 0.4) is 0 Å². The predicted octanol–water partition coefficient (Wildman–Crippen LogP) is 3.02. The van der Waals surface area contributed by atoms with Gasteiger partial charge in [0.2, 0.25) is 5.88 Å². The van der Waals surface area contributed by atoms with E-state index in [1.54, 1.807) is 18.3 Å². The Balaban J connectivity index is 2.37.